The van der Waals surface area contributed by atoms with Crippen molar-refractivity contribution >= 4 is 15.9 Å². The Kier molecular flexibility index (Phi) is 5.88. The third-order valence-corrected chi connectivity index (χ3v) is 4.96. The largest absolute Gasteiger partial charge is 0.369 e. The van der Waals surface area contributed by atoms with Gasteiger partial charge >= 0.3 is 0 Å². The van der Waals surface area contributed by atoms with Crippen LogP contribution < -0.4 is 11.5 Å². The smallest absolute Gasteiger partial charge is 0.243 e. The number of carbonyl (C=O) groups is 1. The monoisotopic (exact) mass is 313 g/mol. The zero-order valence-corrected chi connectivity index (χ0v) is 13.5. The van der Waals surface area contributed by atoms with E-state index >= 15 is 0 Å². The van der Waals surface area contributed by atoms with Crippen LogP contribution >= 0.6 is 0 Å². The molecule has 0 aromatic heterocycles. The van der Waals surface area contributed by atoms with E-state index in [4.69, 9.17) is 11.5 Å². The minimum absolute atomic E-state index is 0.0807. The molecule has 7 heteroatoms. The highest BCUT2D eigenvalue weighted by Crippen LogP contribution is 2.22. The number of nitrogens with zero attached hydrogens (tertiary/aromatic N) is 1. The van der Waals surface area contributed by atoms with Crippen molar-refractivity contribution < 1.29 is 13.2 Å². The van der Waals surface area contributed by atoms with E-state index in [0.29, 0.717) is 5.56 Å². The SMILES string of the molecule is Cc1ccc(CN)cc1S(=O)(=O)N(CC(N)=O)CC(C)C. The molecule has 0 heterocycles. The van der Waals surface area contributed by atoms with E-state index in [-0.39, 0.29) is 30.4 Å². The molecule has 0 saturated carbocycles. The molecule has 0 aliphatic rings. The van der Waals surface area contributed by atoms with Crippen LogP contribution in [0.2, 0.25) is 0 Å². The normalized spacial score (nSPS) is 12.1. The van der Waals surface area contributed by atoms with E-state index in [1.54, 1.807) is 25.1 Å². The Balaban J connectivity index is 3.30. The van der Waals surface area contributed by atoms with Crippen molar-refractivity contribution in [3.05, 3.63) is 29.3 Å². The lowest BCUT2D eigenvalue weighted by Crippen LogP contribution is -2.40. The number of amides is 1. The van der Waals surface area contributed by atoms with Gasteiger partial charge in [0.25, 0.3) is 0 Å². The Bertz CT molecular complexity index is 612. The molecule has 1 amide bonds. The Morgan fingerprint density at radius 1 is 1.33 bits per heavy atom. The van der Waals surface area contributed by atoms with Gasteiger partial charge in [0.15, 0.2) is 0 Å². The second-order valence-corrected chi connectivity index (χ2v) is 7.37. The Labute approximate surface area is 126 Å². The van der Waals surface area contributed by atoms with Gasteiger partial charge in [0.1, 0.15) is 0 Å². The van der Waals surface area contributed by atoms with E-state index in [2.05, 4.69) is 0 Å². The molecule has 4 N–H and O–H groups in total. The number of aryl methyl sites for hydroxylation is 1. The summed E-state index contributed by atoms with van der Waals surface area (Å²) in [5, 5.41) is 0. The fourth-order valence-corrected chi connectivity index (χ4v) is 3.86. The van der Waals surface area contributed by atoms with Crippen molar-refractivity contribution in [3.63, 3.8) is 0 Å². The van der Waals surface area contributed by atoms with Gasteiger partial charge in [-0.2, -0.15) is 4.31 Å². The Morgan fingerprint density at radius 2 is 1.95 bits per heavy atom. The van der Waals surface area contributed by atoms with Crippen LogP contribution in [0.3, 0.4) is 0 Å². The fourth-order valence-electron chi connectivity index (χ4n) is 2.02. The van der Waals surface area contributed by atoms with Gasteiger partial charge in [0, 0.05) is 13.1 Å². The first-order valence-corrected chi connectivity index (χ1v) is 8.20. The van der Waals surface area contributed by atoms with Crippen molar-refractivity contribution in [2.24, 2.45) is 17.4 Å². The number of benzene rings is 1. The maximum Gasteiger partial charge on any atom is 0.243 e. The Hall–Kier alpha value is -1.44. The standard InChI is InChI=1S/C14H23N3O3S/c1-10(2)8-17(9-14(16)18)21(19,20)13-6-12(7-15)5-4-11(13)3/h4-6,10H,7-9,15H2,1-3H3,(H2,16,18). The highest BCUT2D eigenvalue weighted by atomic mass is 32.2. The molecule has 1 aromatic rings. The zero-order valence-electron chi connectivity index (χ0n) is 12.7. The molecule has 0 atom stereocenters. The number of rotatable bonds is 7. The molecule has 0 unspecified atom stereocenters. The van der Waals surface area contributed by atoms with Crippen LogP contribution in [0.1, 0.15) is 25.0 Å². The molecule has 0 saturated heterocycles. The van der Waals surface area contributed by atoms with Gasteiger partial charge < -0.3 is 11.5 Å². The molecule has 0 bridgehead atoms. The van der Waals surface area contributed by atoms with Gasteiger partial charge in [-0.15, -0.1) is 0 Å². The molecule has 1 aromatic carbocycles. The van der Waals surface area contributed by atoms with E-state index in [0.717, 1.165) is 9.87 Å². The number of carbonyl (C=O) groups excluding carboxylic acids is 1. The van der Waals surface area contributed by atoms with Crippen LogP contribution in [0.5, 0.6) is 0 Å². The first-order valence-electron chi connectivity index (χ1n) is 6.76. The predicted octanol–water partition coefficient (Wildman–Crippen LogP) is 0.586. The van der Waals surface area contributed by atoms with Crippen molar-refractivity contribution in [2.45, 2.75) is 32.2 Å². The summed E-state index contributed by atoms with van der Waals surface area (Å²) in [6, 6.07) is 5.06. The van der Waals surface area contributed by atoms with E-state index in [1.165, 1.54) is 0 Å². The van der Waals surface area contributed by atoms with Crippen LogP contribution in [0.15, 0.2) is 23.1 Å². The lowest BCUT2D eigenvalue weighted by atomic mass is 10.1. The summed E-state index contributed by atoms with van der Waals surface area (Å²) in [6.07, 6.45) is 0. The summed E-state index contributed by atoms with van der Waals surface area (Å²) >= 11 is 0. The summed E-state index contributed by atoms with van der Waals surface area (Å²) in [7, 11) is -3.78. The van der Waals surface area contributed by atoms with Gasteiger partial charge in [-0.05, 0) is 30.0 Å². The number of nitrogens with two attached hydrogens (primary N) is 2. The molecule has 0 aliphatic heterocycles. The van der Waals surface area contributed by atoms with Crippen LogP contribution in [0.4, 0.5) is 0 Å². The summed E-state index contributed by atoms with van der Waals surface area (Å²) in [4.78, 5) is 11.3. The molecule has 6 nitrogen and oxygen atoms in total. The minimum atomic E-state index is -3.78. The zero-order chi connectivity index (χ0) is 16.2. The second-order valence-electron chi connectivity index (χ2n) is 5.46. The Morgan fingerprint density at radius 3 is 2.43 bits per heavy atom. The third-order valence-electron chi connectivity index (χ3n) is 3.01. The number of hydrogen-bond donors (Lipinski definition) is 2. The van der Waals surface area contributed by atoms with Crippen molar-refractivity contribution in [2.75, 3.05) is 13.1 Å². The summed E-state index contributed by atoms with van der Waals surface area (Å²) in [5.74, 6) is -0.594. The summed E-state index contributed by atoms with van der Waals surface area (Å²) in [6.45, 7) is 5.64. The molecule has 0 spiro atoms. The molecular weight excluding hydrogens is 290 g/mol. The maximum absolute atomic E-state index is 12.8. The number of hydrogen-bond acceptors (Lipinski definition) is 4. The molecule has 0 aliphatic carbocycles. The van der Waals surface area contributed by atoms with Crippen molar-refractivity contribution in [1.29, 1.82) is 0 Å². The molecule has 0 fully saturated rings. The number of sulfonamides is 1. The molecule has 118 valence electrons. The van der Waals surface area contributed by atoms with Crippen molar-refractivity contribution in [1.82, 2.24) is 4.31 Å². The van der Waals surface area contributed by atoms with Crippen LogP contribution in [-0.2, 0) is 21.4 Å². The molecule has 1 rings (SSSR count). The fraction of sp³-hybridized carbons (Fsp3) is 0.500. The van der Waals surface area contributed by atoms with Gasteiger partial charge in [-0.25, -0.2) is 8.42 Å². The second kappa shape index (κ2) is 7.02. The predicted molar refractivity (Wildman–Crippen MR) is 81.9 cm³/mol. The van der Waals surface area contributed by atoms with E-state index in [1.807, 2.05) is 13.8 Å². The highest BCUT2D eigenvalue weighted by Gasteiger charge is 2.28. The van der Waals surface area contributed by atoms with E-state index < -0.39 is 15.9 Å². The number of primary amides is 1. The van der Waals surface area contributed by atoms with E-state index in [9.17, 15) is 13.2 Å². The third kappa shape index (κ3) is 4.52. The lowest BCUT2D eigenvalue weighted by Gasteiger charge is -2.23. The van der Waals surface area contributed by atoms with Crippen LogP contribution in [-0.4, -0.2) is 31.7 Å². The topological polar surface area (TPSA) is 106 Å². The van der Waals surface area contributed by atoms with Gasteiger partial charge in [0.2, 0.25) is 15.9 Å². The minimum Gasteiger partial charge on any atom is -0.369 e. The van der Waals surface area contributed by atoms with Crippen LogP contribution in [0, 0.1) is 12.8 Å². The van der Waals surface area contributed by atoms with Gasteiger partial charge in [0.05, 0.1) is 11.4 Å². The first kappa shape index (κ1) is 17.6. The summed E-state index contributed by atoms with van der Waals surface area (Å²) in [5.41, 5.74) is 12.1. The summed E-state index contributed by atoms with van der Waals surface area (Å²) < 4.78 is 26.7. The van der Waals surface area contributed by atoms with Crippen molar-refractivity contribution in [3.8, 4) is 0 Å². The van der Waals surface area contributed by atoms with Gasteiger partial charge in [-0.3, -0.25) is 4.79 Å². The average Bonchev–Trinajstić information content (AvgIpc) is 2.37. The average molecular weight is 313 g/mol. The molecule has 21 heavy (non-hydrogen) atoms. The van der Waals surface area contributed by atoms with Gasteiger partial charge in [-0.1, -0.05) is 26.0 Å². The van der Waals surface area contributed by atoms with Crippen LogP contribution in [0.25, 0.3) is 0 Å². The quantitative estimate of drug-likeness (QED) is 0.768. The highest BCUT2D eigenvalue weighted by molar-refractivity contribution is 7.89. The first-order chi connectivity index (χ1) is 9.68. The lowest BCUT2D eigenvalue weighted by molar-refractivity contribution is -0.118. The maximum atomic E-state index is 12.8. The molecule has 0 radical (unpaired) electrons. The molecular formula is C14H23N3O3S.